The van der Waals surface area contributed by atoms with Gasteiger partial charge in [-0.05, 0) is 19.1 Å². The van der Waals surface area contributed by atoms with E-state index in [4.69, 9.17) is 0 Å². The molecule has 0 unspecified atom stereocenters. The first kappa shape index (κ1) is 14.5. The smallest absolute Gasteiger partial charge is 0.329 e. The summed E-state index contributed by atoms with van der Waals surface area (Å²) in [4.78, 5) is 41.2. The van der Waals surface area contributed by atoms with Gasteiger partial charge in [-0.15, -0.1) is 0 Å². The van der Waals surface area contributed by atoms with Gasteiger partial charge in [0.1, 0.15) is 6.54 Å². The highest BCUT2D eigenvalue weighted by Crippen LogP contribution is 2.05. The SMILES string of the molecule is C[C@H]1CNCCN1C(=O)Cn1c(=O)[nH]c2ccccc2c1=O. The van der Waals surface area contributed by atoms with Gasteiger partial charge in [0.25, 0.3) is 5.56 Å². The second-order valence-corrected chi connectivity index (χ2v) is 5.51. The first-order valence-corrected chi connectivity index (χ1v) is 7.30. The van der Waals surface area contributed by atoms with Crippen LogP contribution in [0.1, 0.15) is 6.92 Å². The molecule has 1 aromatic carbocycles. The quantitative estimate of drug-likeness (QED) is 0.784. The number of aromatic amines is 1. The average Bonchev–Trinajstić information content (AvgIpc) is 2.51. The number of rotatable bonds is 2. The fraction of sp³-hybridized carbons (Fsp3) is 0.400. The third-order valence-electron chi connectivity index (χ3n) is 4.00. The molecule has 1 saturated heterocycles. The van der Waals surface area contributed by atoms with Crippen molar-refractivity contribution in [3.8, 4) is 0 Å². The van der Waals surface area contributed by atoms with E-state index >= 15 is 0 Å². The Bertz CT molecular complexity index is 823. The summed E-state index contributed by atoms with van der Waals surface area (Å²) in [6, 6.07) is 6.84. The Morgan fingerprint density at radius 2 is 2.09 bits per heavy atom. The molecule has 1 aromatic heterocycles. The molecule has 2 aromatic rings. The Hall–Kier alpha value is -2.41. The Kier molecular flexibility index (Phi) is 3.81. The second kappa shape index (κ2) is 5.76. The van der Waals surface area contributed by atoms with Gasteiger partial charge in [-0.2, -0.15) is 0 Å². The summed E-state index contributed by atoms with van der Waals surface area (Å²) in [5.41, 5.74) is -0.507. The monoisotopic (exact) mass is 302 g/mol. The van der Waals surface area contributed by atoms with E-state index < -0.39 is 11.2 Å². The number of carbonyl (C=O) groups excluding carboxylic acids is 1. The maximum absolute atomic E-state index is 12.4. The molecule has 7 heteroatoms. The van der Waals surface area contributed by atoms with Crippen LogP contribution in [0, 0.1) is 0 Å². The molecule has 0 bridgehead atoms. The minimum absolute atomic E-state index is 0.0523. The van der Waals surface area contributed by atoms with Crippen molar-refractivity contribution in [1.82, 2.24) is 19.8 Å². The van der Waals surface area contributed by atoms with Crippen molar-refractivity contribution in [3.63, 3.8) is 0 Å². The molecule has 0 saturated carbocycles. The summed E-state index contributed by atoms with van der Waals surface area (Å²) in [5.74, 6) is -0.211. The number of nitrogens with zero attached hydrogens (tertiary/aromatic N) is 2. The predicted octanol–water partition coefficient (Wildman–Crippen LogP) is -0.490. The van der Waals surface area contributed by atoms with E-state index in [-0.39, 0.29) is 18.5 Å². The molecule has 22 heavy (non-hydrogen) atoms. The maximum atomic E-state index is 12.4. The molecule has 7 nitrogen and oxygen atoms in total. The van der Waals surface area contributed by atoms with Crippen molar-refractivity contribution in [2.45, 2.75) is 19.5 Å². The molecule has 0 spiro atoms. The molecule has 1 atom stereocenters. The van der Waals surface area contributed by atoms with Crippen LogP contribution in [0.15, 0.2) is 33.9 Å². The maximum Gasteiger partial charge on any atom is 0.329 e. The summed E-state index contributed by atoms with van der Waals surface area (Å²) in [5, 5.41) is 3.61. The Labute approximate surface area is 126 Å². The first-order valence-electron chi connectivity index (χ1n) is 7.30. The highest BCUT2D eigenvalue weighted by atomic mass is 16.2. The minimum atomic E-state index is -0.556. The van der Waals surface area contributed by atoms with Crippen molar-refractivity contribution in [2.24, 2.45) is 0 Å². The van der Waals surface area contributed by atoms with Crippen LogP contribution < -0.4 is 16.6 Å². The molecule has 0 aliphatic carbocycles. The number of carbonyl (C=O) groups is 1. The van der Waals surface area contributed by atoms with E-state index in [1.807, 2.05) is 6.92 Å². The van der Waals surface area contributed by atoms with Gasteiger partial charge in [0, 0.05) is 25.7 Å². The molecule has 1 amide bonds. The third-order valence-corrected chi connectivity index (χ3v) is 4.00. The number of fused-ring (bicyclic) bond motifs is 1. The molecule has 1 aliphatic heterocycles. The standard InChI is InChI=1S/C15H18N4O3/c1-10-8-16-6-7-18(10)13(20)9-19-14(21)11-4-2-3-5-12(11)17-15(19)22/h2-5,10,16H,6-9H2,1H3,(H,17,22)/t10-/m0/s1. The number of benzene rings is 1. The zero-order valence-corrected chi connectivity index (χ0v) is 12.3. The summed E-state index contributed by atoms with van der Waals surface area (Å²) >= 11 is 0. The van der Waals surface area contributed by atoms with Crippen LogP contribution in [0.25, 0.3) is 10.9 Å². The van der Waals surface area contributed by atoms with Gasteiger partial charge in [0.15, 0.2) is 0 Å². The van der Waals surface area contributed by atoms with E-state index in [9.17, 15) is 14.4 Å². The molecule has 1 fully saturated rings. The molecular formula is C15H18N4O3. The van der Waals surface area contributed by atoms with Crippen molar-refractivity contribution in [1.29, 1.82) is 0 Å². The van der Waals surface area contributed by atoms with E-state index in [0.29, 0.717) is 24.0 Å². The minimum Gasteiger partial charge on any atom is -0.336 e. The lowest BCUT2D eigenvalue weighted by Gasteiger charge is -2.34. The Morgan fingerprint density at radius 1 is 1.32 bits per heavy atom. The highest BCUT2D eigenvalue weighted by Gasteiger charge is 2.24. The van der Waals surface area contributed by atoms with Gasteiger partial charge in [-0.25, -0.2) is 4.79 Å². The largest absolute Gasteiger partial charge is 0.336 e. The highest BCUT2D eigenvalue weighted by molar-refractivity contribution is 5.79. The van der Waals surface area contributed by atoms with Crippen LogP contribution in [0.4, 0.5) is 0 Å². The lowest BCUT2D eigenvalue weighted by atomic mass is 10.2. The Balaban J connectivity index is 1.95. The molecule has 3 rings (SSSR count). The van der Waals surface area contributed by atoms with Crippen molar-refractivity contribution in [2.75, 3.05) is 19.6 Å². The van der Waals surface area contributed by atoms with Gasteiger partial charge in [-0.3, -0.25) is 14.2 Å². The number of amides is 1. The number of hydrogen-bond donors (Lipinski definition) is 2. The van der Waals surface area contributed by atoms with Gasteiger partial charge < -0.3 is 15.2 Å². The van der Waals surface area contributed by atoms with Crippen molar-refractivity contribution >= 4 is 16.8 Å². The predicted molar refractivity (Wildman–Crippen MR) is 82.9 cm³/mol. The summed E-state index contributed by atoms with van der Waals surface area (Å²) in [6.45, 7) is 3.73. The molecule has 2 heterocycles. The van der Waals surface area contributed by atoms with E-state index in [1.54, 1.807) is 29.2 Å². The summed E-state index contributed by atoms with van der Waals surface area (Å²) < 4.78 is 0.972. The van der Waals surface area contributed by atoms with Crippen LogP contribution >= 0.6 is 0 Å². The summed E-state index contributed by atoms with van der Waals surface area (Å²) in [7, 11) is 0. The van der Waals surface area contributed by atoms with Crippen LogP contribution in [0.3, 0.4) is 0 Å². The molecular weight excluding hydrogens is 284 g/mol. The number of aromatic nitrogens is 2. The lowest BCUT2D eigenvalue weighted by molar-refractivity contribution is -0.134. The summed E-state index contributed by atoms with van der Waals surface area (Å²) in [6.07, 6.45) is 0. The molecule has 116 valence electrons. The lowest BCUT2D eigenvalue weighted by Crippen LogP contribution is -2.54. The van der Waals surface area contributed by atoms with Gasteiger partial charge >= 0.3 is 5.69 Å². The van der Waals surface area contributed by atoms with Gasteiger partial charge in [-0.1, -0.05) is 12.1 Å². The average molecular weight is 302 g/mol. The van der Waals surface area contributed by atoms with E-state index in [0.717, 1.165) is 11.1 Å². The number of H-pyrrole nitrogens is 1. The van der Waals surface area contributed by atoms with Gasteiger partial charge in [0.05, 0.1) is 10.9 Å². The topological polar surface area (TPSA) is 87.2 Å². The van der Waals surface area contributed by atoms with Crippen LogP contribution in [0.2, 0.25) is 0 Å². The number of para-hydroxylation sites is 1. The molecule has 0 radical (unpaired) electrons. The fourth-order valence-corrected chi connectivity index (χ4v) is 2.78. The zero-order chi connectivity index (χ0) is 15.7. The van der Waals surface area contributed by atoms with Crippen LogP contribution in [-0.2, 0) is 11.3 Å². The number of nitrogens with one attached hydrogen (secondary N) is 2. The third kappa shape index (κ3) is 2.55. The number of piperazine rings is 1. The molecule has 1 aliphatic rings. The van der Waals surface area contributed by atoms with E-state index in [1.165, 1.54) is 0 Å². The van der Waals surface area contributed by atoms with Crippen LogP contribution in [0.5, 0.6) is 0 Å². The second-order valence-electron chi connectivity index (χ2n) is 5.51. The zero-order valence-electron chi connectivity index (χ0n) is 12.3. The number of hydrogen-bond acceptors (Lipinski definition) is 4. The van der Waals surface area contributed by atoms with Gasteiger partial charge in [0.2, 0.25) is 5.91 Å². The van der Waals surface area contributed by atoms with Crippen molar-refractivity contribution in [3.05, 3.63) is 45.1 Å². The van der Waals surface area contributed by atoms with Crippen molar-refractivity contribution < 1.29 is 4.79 Å². The Morgan fingerprint density at radius 3 is 2.86 bits per heavy atom. The normalized spacial score (nSPS) is 18.6. The van der Waals surface area contributed by atoms with Crippen LogP contribution in [-0.4, -0.2) is 46.0 Å². The van der Waals surface area contributed by atoms with E-state index in [2.05, 4.69) is 10.3 Å². The first-order chi connectivity index (χ1) is 10.6. The fourth-order valence-electron chi connectivity index (χ4n) is 2.78. The molecule has 2 N–H and O–H groups in total.